The molecule has 0 aliphatic rings. The molecule has 0 radical (unpaired) electrons. The maximum atomic E-state index is 8.65. The Balaban J connectivity index is -0.0000000133. The number of hydrogen-bond donors (Lipinski definition) is 0. The molecule has 0 aromatic heterocycles. The molecule has 4 nitrogen and oxygen atoms in total. The Hall–Kier alpha value is 3.50. The van der Waals surface area contributed by atoms with Gasteiger partial charge in [0.2, 0.25) is 0 Å². The molecule has 0 atom stereocenters. The molecular formula is ClNa3O4W. The zero-order valence-electron chi connectivity index (χ0n) is 5.42. The maximum absolute atomic E-state index is 8.65. The summed E-state index contributed by atoms with van der Waals surface area (Å²) in [7, 11) is 0. The Labute approximate surface area is 129 Å². The molecule has 0 unspecified atom stereocenters. The van der Waals surface area contributed by atoms with E-state index in [1.165, 1.54) is 0 Å². The number of rotatable bonds is 0. The van der Waals surface area contributed by atoms with Gasteiger partial charge in [-0.3, -0.25) is 0 Å². The minimum atomic E-state index is -6.17. The molecule has 0 aliphatic carbocycles. The van der Waals surface area contributed by atoms with Crippen LogP contribution in [0.3, 0.4) is 0 Å². The van der Waals surface area contributed by atoms with E-state index in [2.05, 4.69) is 0 Å². The van der Waals surface area contributed by atoms with E-state index in [4.69, 9.17) is 14.3 Å². The monoisotopic (exact) mass is 352 g/mol. The van der Waals surface area contributed by atoms with E-state index in [9.17, 15) is 0 Å². The van der Waals surface area contributed by atoms with Gasteiger partial charge in [-0.1, -0.05) is 0 Å². The van der Waals surface area contributed by atoms with Crippen molar-refractivity contribution in [3.05, 3.63) is 0 Å². The van der Waals surface area contributed by atoms with Crippen LogP contribution < -0.4 is 109 Å². The van der Waals surface area contributed by atoms with E-state index in [0.29, 0.717) is 0 Å². The fourth-order valence-corrected chi connectivity index (χ4v) is 0. The molecule has 0 aromatic rings. The topological polar surface area (TPSA) is 80.3 Å². The van der Waals surface area contributed by atoms with Gasteiger partial charge in [0.05, 0.1) is 0 Å². The average Bonchev–Trinajstić information content (AvgIpc) is 0.722. The van der Waals surface area contributed by atoms with Crippen LogP contribution in [0.15, 0.2) is 0 Å². The van der Waals surface area contributed by atoms with Crippen molar-refractivity contribution < 1.29 is 132 Å². The number of hydrogen-bond acceptors (Lipinski definition) is 4. The summed E-state index contributed by atoms with van der Waals surface area (Å²) in [4.78, 5) is 0. The van der Waals surface area contributed by atoms with Gasteiger partial charge in [0, 0.05) is 0 Å². The molecule has 0 rings (SSSR count). The van der Waals surface area contributed by atoms with Crippen molar-refractivity contribution in [2.75, 3.05) is 0 Å². The molecule has 0 amide bonds. The first-order chi connectivity index (χ1) is 2.00. The summed E-state index contributed by atoms with van der Waals surface area (Å²) < 4.78 is 34.6. The molecule has 0 saturated heterocycles. The Morgan fingerprint density at radius 3 is 0.889 bits per heavy atom. The molecule has 9 heavy (non-hydrogen) atoms. The standard InChI is InChI=1S/ClH.3Na.4O.W/h1H;;;;;;;;/q;3*+1;;;2*-1;/p-1. The van der Waals surface area contributed by atoms with Crippen LogP contribution in [0.25, 0.3) is 0 Å². The van der Waals surface area contributed by atoms with E-state index in [1.54, 1.807) is 0 Å². The molecule has 40 valence electrons. The molecule has 9 heteroatoms. The van der Waals surface area contributed by atoms with E-state index >= 15 is 0 Å². The molecule has 0 N–H and O–H groups in total. The fourth-order valence-electron chi connectivity index (χ4n) is 0. The van der Waals surface area contributed by atoms with E-state index < -0.39 is 16.7 Å². The van der Waals surface area contributed by atoms with Crippen LogP contribution in [0.4, 0.5) is 0 Å². The first kappa shape index (κ1) is 29.4. The normalized spacial score (nSPS) is 6.44. The molecule has 0 saturated carbocycles. The third-order valence-electron chi connectivity index (χ3n) is 0. The predicted molar refractivity (Wildman–Crippen MR) is 1.37 cm³/mol. The van der Waals surface area contributed by atoms with Crippen molar-refractivity contribution in [1.82, 2.24) is 0 Å². The SMILES string of the molecule is [Cl-].[Na+].[Na+].[Na+].[O]=[W](=[O])([O-])[O-]. The second-order valence-electron chi connectivity index (χ2n) is 0.408. The van der Waals surface area contributed by atoms with Gasteiger partial charge < -0.3 is 12.4 Å². The molecule has 0 bridgehead atoms. The summed E-state index contributed by atoms with van der Waals surface area (Å²) in [6, 6.07) is 0. The summed E-state index contributed by atoms with van der Waals surface area (Å²) in [6.07, 6.45) is 0. The van der Waals surface area contributed by atoms with Gasteiger partial charge in [-0.15, -0.1) is 0 Å². The van der Waals surface area contributed by atoms with Crippen molar-refractivity contribution in [2.45, 2.75) is 0 Å². The third-order valence-corrected chi connectivity index (χ3v) is 0. The van der Waals surface area contributed by atoms with Gasteiger partial charge in [-0.25, -0.2) is 0 Å². The quantitative estimate of drug-likeness (QED) is 0.406. The van der Waals surface area contributed by atoms with Gasteiger partial charge in [-0.2, -0.15) is 0 Å². The van der Waals surface area contributed by atoms with E-state index in [0.717, 1.165) is 0 Å². The van der Waals surface area contributed by atoms with Gasteiger partial charge in [-0.05, 0) is 0 Å². The average molecular weight is 352 g/mol. The molecular weight excluding hydrogens is 352 g/mol. The van der Waals surface area contributed by atoms with Crippen molar-refractivity contribution in [3.8, 4) is 0 Å². The Morgan fingerprint density at radius 2 is 0.889 bits per heavy atom. The van der Waals surface area contributed by atoms with Crippen LogP contribution >= 0.6 is 0 Å². The summed E-state index contributed by atoms with van der Waals surface area (Å²) in [6.45, 7) is 0. The Morgan fingerprint density at radius 1 is 0.889 bits per heavy atom. The second-order valence-corrected chi connectivity index (χ2v) is 3.34. The zero-order chi connectivity index (χ0) is 4.50. The van der Waals surface area contributed by atoms with Gasteiger partial charge in [0.1, 0.15) is 0 Å². The summed E-state index contributed by atoms with van der Waals surface area (Å²) >= 11 is -6.17. The first-order valence-electron chi connectivity index (χ1n) is 0.667. The van der Waals surface area contributed by atoms with Crippen LogP contribution in [0.5, 0.6) is 0 Å². The number of halogens is 1. The van der Waals surface area contributed by atoms with Crippen molar-refractivity contribution in [2.24, 2.45) is 0 Å². The minimum absolute atomic E-state index is 0. The first-order valence-corrected chi connectivity index (χ1v) is 5.46. The van der Waals surface area contributed by atoms with Crippen LogP contribution in [0.2, 0.25) is 0 Å². The fraction of sp³-hybridized carbons (Fsp3) is 0. The predicted octanol–water partition coefficient (Wildman–Crippen LogP) is -14.6. The van der Waals surface area contributed by atoms with Gasteiger partial charge >= 0.3 is 120 Å². The summed E-state index contributed by atoms with van der Waals surface area (Å²) in [5.41, 5.74) is 0. The molecule has 0 aromatic carbocycles. The molecule has 0 fully saturated rings. The van der Waals surface area contributed by atoms with Gasteiger partial charge in [0.25, 0.3) is 0 Å². The van der Waals surface area contributed by atoms with Crippen molar-refractivity contribution >= 4 is 0 Å². The molecule has 0 aliphatic heterocycles. The van der Waals surface area contributed by atoms with Crippen LogP contribution in [0, 0.1) is 0 Å². The van der Waals surface area contributed by atoms with Crippen LogP contribution in [-0.2, 0) is 23.5 Å². The second kappa shape index (κ2) is 14.0. The zero-order valence-corrected chi connectivity index (χ0v) is 15.1. The van der Waals surface area contributed by atoms with E-state index in [-0.39, 0.29) is 101 Å². The van der Waals surface area contributed by atoms with Crippen molar-refractivity contribution in [1.29, 1.82) is 0 Å². The van der Waals surface area contributed by atoms with Crippen LogP contribution in [0.1, 0.15) is 0 Å². The molecule has 0 heterocycles. The van der Waals surface area contributed by atoms with E-state index in [1.807, 2.05) is 0 Å². The summed E-state index contributed by atoms with van der Waals surface area (Å²) in [5, 5.41) is 0. The van der Waals surface area contributed by atoms with Gasteiger partial charge in [0.15, 0.2) is 0 Å². The van der Waals surface area contributed by atoms with Crippen LogP contribution in [-0.4, -0.2) is 0 Å². The Bertz CT molecular complexity index is 99.0. The summed E-state index contributed by atoms with van der Waals surface area (Å²) in [5.74, 6) is 0. The molecule has 0 spiro atoms. The third kappa shape index (κ3) is 84.8. The van der Waals surface area contributed by atoms with Crippen molar-refractivity contribution in [3.63, 3.8) is 0 Å². The Kier molecular flexibility index (Phi) is 45.9.